The third-order valence-corrected chi connectivity index (χ3v) is 3.94. The quantitative estimate of drug-likeness (QED) is 0.861. The van der Waals surface area contributed by atoms with Crippen LogP contribution in [0.3, 0.4) is 0 Å². The smallest absolute Gasteiger partial charge is 0.314 e. The Kier molecular flexibility index (Phi) is 5.27. The van der Waals surface area contributed by atoms with Crippen molar-refractivity contribution in [1.29, 1.82) is 5.26 Å². The normalized spacial score (nSPS) is 18.0. The van der Waals surface area contributed by atoms with Crippen molar-refractivity contribution in [3.8, 4) is 6.07 Å². The minimum atomic E-state index is -4.71. The van der Waals surface area contributed by atoms with Gasteiger partial charge in [-0.05, 0) is 12.1 Å². The fourth-order valence-electron chi connectivity index (χ4n) is 2.63. The molecule has 0 amide bonds. The third kappa shape index (κ3) is 3.51. The number of nitriles is 1. The maximum absolute atomic E-state index is 14.3. The summed E-state index contributed by atoms with van der Waals surface area (Å²) < 4.78 is 54.0. The Balaban J connectivity index is 2.54. The Labute approximate surface area is 130 Å². The summed E-state index contributed by atoms with van der Waals surface area (Å²) in [6.07, 6.45) is -4.94. The van der Waals surface area contributed by atoms with E-state index in [1.165, 1.54) is 0 Å². The summed E-state index contributed by atoms with van der Waals surface area (Å²) in [6, 6.07) is 2.54. The van der Waals surface area contributed by atoms with E-state index < -0.39 is 29.2 Å². The molecule has 2 rings (SSSR count). The number of nitrogens with one attached hydrogen (secondary N) is 1. The van der Waals surface area contributed by atoms with Crippen molar-refractivity contribution in [2.75, 3.05) is 26.2 Å². The summed E-state index contributed by atoms with van der Waals surface area (Å²) >= 11 is 5.66. The van der Waals surface area contributed by atoms with E-state index >= 15 is 0 Å². The number of hydrogen-bond acceptors (Lipinski definition) is 3. The molecule has 3 nitrogen and oxygen atoms in total. The number of piperazine rings is 1. The number of benzene rings is 1. The van der Waals surface area contributed by atoms with Crippen molar-refractivity contribution < 1.29 is 17.6 Å². The summed E-state index contributed by atoms with van der Waals surface area (Å²) in [5.74, 6) is -1.10. The van der Waals surface area contributed by atoms with Crippen molar-refractivity contribution in [1.82, 2.24) is 10.2 Å². The molecule has 1 aromatic rings. The van der Waals surface area contributed by atoms with Gasteiger partial charge < -0.3 is 5.32 Å². The van der Waals surface area contributed by atoms with Crippen molar-refractivity contribution in [3.05, 3.63) is 34.1 Å². The Morgan fingerprint density at radius 2 is 1.95 bits per heavy atom. The first-order chi connectivity index (χ1) is 10.4. The average molecular weight is 336 g/mol. The number of rotatable bonds is 3. The minimum absolute atomic E-state index is 0.236. The maximum atomic E-state index is 14.3. The summed E-state index contributed by atoms with van der Waals surface area (Å²) in [7, 11) is 0. The molecule has 0 spiro atoms. The molecule has 0 saturated carbocycles. The highest BCUT2D eigenvalue weighted by Gasteiger charge is 2.39. The lowest BCUT2D eigenvalue weighted by Crippen LogP contribution is -2.45. The Bertz CT molecular complexity index is 577. The van der Waals surface area contributed by atoms with Gasteiger partial charge in [-0.2, -0.15) is 18.4 Å². The molecule has 1 aromatic carbocycles. The van der Waals surface area contributed by atoms with E-state index in [1.54, 1.807) is 4.90 Å². The molecule has 120 valence electrons. The molecule has 1 aliphatic heterocycles. The van der Waals surface area contributed by atoms with Crippen LogP contribution in [0.2, 0.25) is 5.02 Å². The molecule has 22 heavy (non-hydrogen) atoms. The minimum Gasteiger partial charge on any atom is -0.314 e. The van der Waals surface area contributed by atoms with Gasteiger partial charge in [-0.15, -0.1) is 0 Å². The largest absolute Gasteiger partial charge is 0.416 e. The van der Waals surface area contributed by atoms with Crippen LogP contribution in [0, 0.1) is 17.1 Å². The number of nitrogens with zero attached hydrogens (tertiary/aromatic N) is 2. The molecular formula is C14H14ClF4N3. The van der Waals surface area contributed by atoms with Crippen molar-refractivity contribution in [3.63, 3.8) is 0 Å². The van der Waals surface area contributed by atoms with Crippen LogP contribution >= 0.6 is 11.6 Å². The van der Waals surface area contributed by atoms with Gasteiger partial charge in [-0.3, -0.25) is 4.90 Å². The topological polar surface area (TPSA) is 39.1 Å². The molecular weight excluding hydrogens is 322 g/mol. The van der Waals surface area contributed by atoms with E-state index in [0.717, 1.165) is 12.1 Å². The summed E-state index contributed by atoms with van der Waals surface area (Å²) in [4.78, 5) is 1.68. The zero-order valence-corrected chi connectivity index (χ0v) is 12.3. The van der Waals surface area contributed by atoms with Gasteiger partial charge in [-0.25, -0.2) is 4.39 Å². The lowest BCUT2D eigenvalue weighted by atomic mass is 9.95. The number of alkyl halides is 3. The molecule has 0 radical (unpaired) electrons. The first kappa shape index (κ1) is 17.0. The third-order valence-electron chi connectivity index (χ3n) is 3.65. The van der Waals surface area contributed by atoms with Gasteiger partial charge in [0.1, 0.15) is 5.82 Å². The molecule has 1 N–H and O–H groups in total. The second kappa shape index (κ2) is 6.82. The molecule has 0 bridgehead atoms. The van der Waals surface area contributed by atoms with Crippen LogP contribution in [0.25, 0.3) is 0 Å². The van der Waals surface area contributed by atoms with E-state index in [2.05, 4.69) is 5.32 Å². The van der Waals surface area contributed by atoms with Gasteiger partial charge >= 0.3 is 6.18 Å². The molecule has 1 atom stereocenters. The average Bonchev–Trinajstić information content (AvgIpc) is 2.47. The zero-order chi connectivity index (χ0) is 16.3. The maximum Gasteiger partial charge on any atom is 0.416 e. The van der Waals surface area contributed by atoms with Crippen LogP contribution < -0.4 is 5.32 Å². The number of halogens is 5. The van der Waals surface area contributed by atoms with Crippen molar-refractivity contribution in [2.24, 2.45) is 0 Å². The van der Waals surface area contributed by atoms with Crippen LogP contribution in [0.1, 0.15) is 23.6 Å². The summed E-state index contributed by atoms with van der Waals surface area (Å²) in [5, 5.41) is 11.6. The highest BCUT2D eigenvalue weighted by atomic mass is 35.5. The molecule has 8 heteroatoms. The monoisotopic (exact) mass is 335 g/mol. The van der Waals surface area contributed by atoms with Crippen molar-refractivity contribution >= 4 is 11.6 Å². The highest BCUT2D eigenvalue weighted by Crippen LogP contribution is 2.40. The molecule has 0 aromatic heterocycles. The fourth-order valence-corrected chi connectivity index (χ4v) is 2.80. The molecule has 1 saturated heterocycles. The van der Waals surface area contributed by atoms with E-state index in [1.807, 2.05) is 6.07 Å². The second-order valence-corrected chi connectivity index (χ2v) is 5.39. The van der Waals surface area contributed by atoms with Gasteiger partial charge in [0.05, 0.1) is 29.1 Å². The van der Waals surface area contributed by atoms with Crippen LogP contribution in [0.4, 0.5) is 17.6 Å². The standard InChI is InChI=1S/C14H14ClF4N3/c15-10-2-1-9(14(17,18)19)12(13(10)16)11(3-4-20)22-7-5-21-6-8-22/h1-2,11,21H,3,5-8H2/t11-/m1/s1. The first-order valence-corrected chi connectivity index (χ1v) is 7.11. The lowest BCUT2D eigenvalue weighted by molar-refractivity contribution is -0.139. The van der Waals surface area contributed by atoms with Gasteiger partial charge in [0, 0.05) is 31.7 Å². The van der Waals surface area contributed by atoms with E-state index in [9.17, 15) is 17.6 Å². The molecule has 1 heterocycles. The molecule has 0 unspecified atom stereocenters. The zero-order valence-electron chi connectivity index (χ0n) is 11.6. The van der Waals surface area contributed by atoms with Crippen LogP contribution in [-0.2, 0) is 6.18 Å². The van der Waals surface area contributed by atoms with E-state index in [0.29, 0.717) is 26.2 Å². The van der Waals surface area contributed by atoms with Crippen molar-refractivity contribution in [2.45, 2.75) is 18.6 Å². The first-order valence-electron chi connectivity index (χ1n) is 6.73. The van der Waals surface area contributed by atoms with E-state index in [4.69, 9.17) is 16.9 Å². The summed E-state index contributed by atoms with van der Waals surface area (Å²) in [5.41, 5.74) is -1.61. The van der Waals surface area contributed by atoms with Crippen LogP contribution in [0.5, 0.6) is 0 Å². The lowest BCUT2D eigenvalue weighted by Gasteiger charge is -2.35. The Hall–Kier alpha value is -1.36. The summed E-state index contributed by atoms with van der Waals surface area (Å²) in [6.45, 7) is 2.03. The SMILES string of the molecule is N#CC[C@H](c1c(C(F)(F)F)ccc(Cl)c1F)N1CCNCC1. The second-order valence-electron chi connectivity index (χ2n) is 4.98. The molecule has 0 aliphatic carbocycles. The Morgan fingerprint density at radius 1 is 1.32 bits per heavy atom. The predicted octanol–water partition coefficient (Wildman–Crippen LogP) is 3.36. The number of hydrogen-bond donors (Lipinski definition) is 1. The van der Waals surface area contributed by atoms with Gasteiger partial charge in [0.2, 0.25) is 0 Å². The predicted molar refractivity (Wildman–Crippen MR) is 73.8 cm³/mol. The highest BCUT2D eigenvalue weighted by molar-refractivity contribution is 6.30. The van der Waals surface area contributed by atoms with Gasteiger partial charge in [0.25, 0.3) is 0 Å². The molecule has 1 aliphatic rings. The van der Waals surface area contributed by atoms with E-state index in [-0.39, 0.29) is 11.4 Å². The Morgan fingerprint density at radius 3 is 2.50 bits per heavy atom. The fraction of sp³-hybridized carbons (Fsp3) is 0.500. The van der Waals surface area contributed by atoms with Gasteiger partial charge in [0.15, 0.2) is 0 Å². The van der Waals surface area contributed by atoms with Crippen LogP contribution in [-0.4, -0.2) is 31.1 Å². The van der Waals surface area contributed by atoms with Crippen LogP contribution in [0.15, 0.2) is 12.1 Å². The van der Waals surface area contributed by atoms with Gasteiger partial charge in [-0.1, -0.05) is 11.6 Å². The molecule has 1 fully saturated rings.